The van der Waals surface area contributed by atoms with Crippen molar-refractivity contribution in [2.75, 3.05) is 6.54 Å². The summed E-state index contributed by atoms with van der Waals surface area (Å²) < 4.78 is 0. The first-order valence-corrected chi connectivity index (χ1v) is 8.58. The van der Waals surface area contributed by atoms with Gasteiger partial charge in [-0.3, -0.25) is 4.79 Å². The number of carbonyl (C=O) groups is 1. The van der Waals surface area contributed by atoms with Crippen molar-refractivity contribution >= 4 is 6.03 Å². The average molecular weight is 339 g/mol. The number of nitrogens with one attached hydrogen (secondary N) is 2. The summed E-state index contributed by atoms with van der Waals surface area (Å²) in [5.41, 5.74) is 3.36. The lowest BCUT2D eigenvalue weighted by atomic mass is 9.72. The molecule has 5 nitrogen and oxygen atoms in total. The highest BCUT2D eigenvalue weighted by Crippen LogP contribution is 2.48. The molecule has 1 saturated heterocycles. The Labute approximate surface area is 148 Å². The Kier molecular flexibility index (Phi) is 4.41. The number of benzene rings is 1. The number of H-pyrrole nitrogens is 1. The van der Waals surface area contributed by atoms with Gasteiger partial charge in [0.25, 0.3) is 5.56 Å². The molecule has 2 heterocycles. The number of nitrogens with zero attached hydrogens (tertiary/aromatic N) is 1. The van der Waals surface area contributed by atoms with E-state index in [1.165, 1.54) is 0 Å². The highest BCUT2D eigenvalue weighted by Gasteiger charge is 2.48. The fraction of sp³-hybridized carbons (Fsp3) is 0.400. The number of aryl methyl sites for hydroxylation is 2. The minimum Gasteiger partial charge on any atom is -0.334 e. The van der Waals surface area contributed by atoms with Gasteiger partial charge in [-0.25, -0.2) is 4.79 Å². The molecule has 132 valence electrons. The van der Waals surface area contributed by atoms with E-state index in [4.69, 9.17) is 0 Å². The number of rotatable bonds is 3. The van der Waals surface area contributed by atoms with Crippen LogP contribution in [0.15, 0.2) is 41.2 Å². The summed E-state index contributed by atoms with van der Waals surface area (Å²) in [5.74, 6) is 0. The molecule has 0 spiro atoms. The molecule has 3 rings (SSSR count). The Morgan fingerprint density at radius 1 is 1.28 bits per heavy atom. The molecule has 0 saturated carbocycles. The SMILES string of the molecule is Cc1cc(C)c(CNC(=O)N2CC(C)(C)[C@H]2c2ccccc2)c(=O)[nH]1. The molecule has 1 aromatic carbocycles. The van der Waals surface area contributed by atoms with Crippen molar-refractivity contribution in [1.82, 2.24) is 15.2 Å². The summed E-state index contributed by atoms with van der Waals surface area (Å²) in [7, 11) is 0. The largest absolute Gasteiger partial charge is 0.334 e. The molecule has 2 aromatic rings. The Morgan fingerprint density at radius 2 is 1.96 bits per heavy atom. The number of likely N-dealkylation sites (tertiary alicyclic amines) is 1. The van der Waals surface area contributed by atoms with Gasteiger partial charge in [0.05, 0.1) is 12.6 Å². The maximum absolute atomic E-state index is 12.7. The summed E-state index contributed by atoms with van der Waals surface area (Å²) in [6, 6.07) is 11.9. The van der Waals surface area contributed by atoms with Crippen molar-refractivity contribution < 1.29 is 4.79 Å². The zero-order valence-electron chi connectivity index (χ0n) is 15.2. The molecule has 5 heteroatoms. The highest BCUT2D eigenvalue weighted by molar-refractivity contribution is 5.76. The Morgan fingerprint density at radius 3 is 2.56 bits per heavy atom. The molecular formula is C20H25N3O2. The van der Waals surface area contributed by atoms with Crippen LogP contribution in [-0.4, -0.2) is 22.5 Å². The van der Waals surface area contributed by atoms with E-state index < -0.39 is 0 Å². The van der Waals surface area contributed by atoms with Gasteiger partial charge in [0, 0.05) is 23.2 Å². The van der Waals surface area contributed by atoms with E-state index >= 15 is 0 Å². The van der Waals surface area contributed by atoms with Crippen molar-refractivity contribution in [3.8, 4) is 0 Å². The number of aromatic nitrogens is 1. The van der Waals surface area contributed by atoms with Crippen LogP contribution in [-0.2, 0) is 6.54 Å². The smallest absolute Gasteiger partial charge is 0.318 e. The van der Waals surface area contributed by atoms with Gasteiger partial charge in [-0.05, 0) is 31.0 Å². The first-order chi connectivity index (χ1) is 11.8. The normalized spacial score (nSPS) is 18.6. The van der Waals surface area contributed by atoms with Gasteiger partial charge >= 0.3 is 6.03 Å². The van der Waals surface area contributed by atoms with Gasteiger partial charge in [-0.2, -0.15) is 0 Å². The van der Waals surface area contributed by atoms with Gasteiger partial charge < -0.3 is 15.2 Å². The molecule has 0 bridgehead atoms. The van der Waals surface area contributed by atoms with Gasteiger partial charge in [0.15, 0.2) is 0 Å². The third kappa shape index (κ3) is 3.31. The van der Waals surface area contributed by atoms with Crippen LogP contribution in [0.5, 0.6) is 0 Å². The molecule has 0 unspecified atom stereocenters. The van der Waals surface area contributed by atoms with Crippen LogP contribution in [0, 0.1) is 19.3 Å². The lowest BCUT2D eigenvalue weighted by Crippen LogP contribution is -2.60. The third-order valence-corrected chi connectivity index (χ3v) is 4.92. The second kappa shape index (κ2) is 6.39. The molecule has 0 aliphatic carbocycles. The van der Waals surface area contributed by atoms with Crippen LogP contribution in [0.3, 0.4) is 0 Å². The van der Waals surface area contributed by atoms with Crippen LogP contribution in [0.25, 0.3) is 0 Å². The van der Waals surface area contributed by atoms with Crippen molar-refractivity contribution in [1.29, 1.82) is 0 Å². The molecular weight excluding hydrogens is 314 g/mol. The molecule has 1 fully saturated rings. The van der Waals surface area contributed by atoms with Crippen molar-refractivity contribution in [2.24, 2.45) is 5.41 Å². The summed E-state index contributed by atoms with van der Waals surface area (Å²) >= 11 is 0. The number of pyridine rings is 1. The van der Waals surface area contributed by atoms with E-state index in [1.54, 1.807) is 0 Å². The van der Waals surface area contributed by atoms with Crippen molar-refractivity contribution in [2.45, 2.75) is 40.3 Å². The summed E-state index contributed by atoms with van der Waals surface area (Å²) in [6.45, 7) is 9.01. The topological polar surface area (TPSA) is 65.2 Å². The maximum atomic E-state index is 12.7. The molecule has 1 aliphatic rings. The number of aromatic amines is 1. The minimum atomic E-state index is -0.138. The molecule has 1 aliphatic heterocycles. The van der Waals surface area contributed by atoms with Gasteiger partial charge in [-0.15, -0.1) is 0 Å². The zero-order valence-corrected chi connectivity index (χ0v) is 15.2. The van der Waals surface area contributed by atoms with Gasteiger partial charge in [0.2, 0.25) is 0 Å². The number of amides is 2. The molecule has 1 atom stereocenters. The lowest BCUT2D eigenvalue weighted by molar-refractivity contribution is -0.0165. The second-order valence-electron chi connectivity index (χ2n) is 7.53. The first kappa shape index (κ1) is 17.3. The Balaban J connectivity index is 1.73. The van der Waals surface area contributed by atoms with E-state index in [-0.39, 0.29) is 29.6 Å². The van der Waals surface area contributed by atoms with Crippen molar-refractivity contribution in [3.63, 3.8) is 0 Å². The lowest BCUT2D eigenvalue weighted by Gasteiger charge is -2.54. The monoisotopic (exact) mass is 339 g/mol. The summed E-state index contributed by atoms with van der Waals surface area (Å²) in [4.78, 5) is 29.4. The van der Waals surface area contributed by atoms with E-state index in [9.17, 15) is 9.59 Å². The third-order valence-electron chi connectivity index (χ3n) is 4.92. The maximum Gasteiger partial charge on any atom is 0.318 e. The Bertz CT molecular complexity index is 840. The van der Waals surface area contributed by atoms with E-state index in [0.29, 0.717) is 12.1 Å². The molecule has 2 N–H and O–H groups in total. The number of urea groups is 1. The van der Waals surface area contributed by atoms with Gasteiger partial charge in [-0.1, -0.05) is 44.2 Å². The fourth-order valence-electron chi connectivity index (χ4n) is 3.75. The van der Waals surface area contributed by atoms with Gasteiger partial charge in [0.1, 0.15) is 0 Å². The number of carbonyl (C=O) groups excluding carboxylic acids is 1. The zero-order chi connectivity index (χ0) is 18.2. The van der Waals surface area contributed by atoms with E-state index in [0.717, 1.165) is 16.8 Å². The second-order valence-corrected chi connectivity index (χ2v) is 7.53. The predicted octanol–water partition coefficient (Wildman–Crippen LogP) is 3.28. The van der Waals surface area contributed by atoms with Crippen LogP contribution < -0.4 is 10.9 Å². The predicted molar refractivity (Wildman–Crippen MR) is 98.4 cm³/mol. The van der Waals surface area contributed by atoms with Crippen LogP contribution in [0.4, 0.5) is 4.79 Å². The van der Waals surface area contributed by atoms with Crippen LogP contribution in [0.1, 0.15) is 42.3 Å². The number of hydrogen-bond donors (Lipinski definition) is 2. The number of hydrogen-bond acceptors (Lipinski definition) is 2. The minimum absolute atomic E-state index is 0.0376. The van der Waals surface area contributed by atoms with Crippen LogP contribution in [0.2, 0.25) is 0 Å². The quantitative estimate of drug-likeness (QED) is 0.901. The molecule has 0 radical (unpaired) electrons. The van der Waals surface area contributed by atoms with Crippen molar-refractivity contribution in [3.05, 3.63) is 69.1 Å². The van der Waals surface area contributed by atoms with Crippen LogP contribution >= 0.6 is 0 Å². The molecule has 2 amide bonds. The van der Waals surface area contributed by atoms with E-state index in [1.807, 2.05) is 43.0 Å². The Hall–Kier alpha value is -2.56. The summed E-state index contributed by atoms with van der Waals surface area (Å²) in [6.07, 6.45) is 0. The summed E-state index contributed by atoms with van der Waals surface area (Å²) in [5, 5.41) is 2.91. The molecule has 1 aromatic heterocycles. The molecule has 25 heavy (non-hydrogen) atoms. The van der Waals surface area contributed by atoms with E-state index in [2.05, 4.69) is 36.3 Å². The average Bonchev–Trinajstić information content (AvgIpc) is 2.52. The first-order valence-electron chi connectivity index (χ1n) is 8.58. The standard InChI is InChI=1S/C20H25N3O2/c1-13-10-14(2)22-18(24)16(13)11-21-19(25)23-12-20(3,4)17(23)15-8-6-5-7-9-15/h5-10,17H,11-12H2,1-4H3,(H,21,25)(H,22,24)/t17-/m1/s1. The highest BCUT2D eigenvalue weighted by atomic mass is 16.2. The fourth-order valence-corrected chi connectivity index (χ4v) is 3.75.